The first-order valence-electron chi connectivity index (χ1n) is 17.5. The predicted molar refractivity (Wildman–Crippen MR) is 192 cm³/mol. The van der Waals surface area contributed by atoms with Gasteiger partial charge in [-0.15, -0.1) is 0 Å². The third-order valence-electron chi connectivity index (χ3n) is 10.9. The van der Waals surface area contributed by atoms with Crippen LogP contribution in [0.2, 0.25) is 18.6 Å². The van der Waals surface area contributed by atoms with Gasteiger partial charge in [-0.25, -0.2) is 0 Å². The number of unbranched alkanes of at least 4 members (excludes halogenated alkanes) is 1. The number of ether oxygens (including phenoxy) is 3. The van der Waals surface area contributed by atoms with Crippen LogP contribution in [0.5, 0.6) is 5.75 Å². The smallest absolute Gasteiger partial charge is 0.305 e. The second-order valence-electron chi connectivity index (χ2n) is 14.3. The molecular formula is C38H47N3O9Si. The van der Waals surface area contributed by atoms with E-state index in [1.54, 1.807) is 59.4 Å². The van der Waals surface area contributed by atoms with Crippen LogP contribution >= 0.6 is 0 Å². The van der Waals surface area contributed by atoms with E-state index in [9.17, 15) is 29.1 Å². The van der Waals surface area contributed by atoms with Crippen molar-refractivity contribution < 1.29 is 38.5 Å². The van der Waals surface area contributed by atoms with Crippen LogP contribution in [0, 0.1) is 5.92 Å². The van der Waals surface area contributed by atoms with Crippen LogP contribution in [0.3, 0.4) is 0 Å². The number of aliphatic hydroxyl groups is 1. The van der Waals surface area contributed by atoms with Gasteiger partial charge in [0.05, 0.1) is 45.1 Å². The van der Waals surface area contributed by atoms with E-state index in [1.165, 1.54) is 18.8 Å². The van der Waals surface area contributed by atoms with Gasteiger partial charge in [0.25, 0.3) is 11.5 Å². The molecule has 3 aromatic rings. The highest BCUT2D eigenvalue weighted by Crippen LogP contribution is 2.60. The number of hydrogen-bond acceptors (Lipinski definition) is 9. The van der Waals surface area contributed by atoms with Gasteiger partial charge in [0.1, 0.15) is 0 Å². The van der Waals surface area contributed by atoms with Crippen LogP contribution in [0.4, 0.5) is 5.69 Å². The lowest BCUT2D eigenvalue weighted by molar-refractivity contribution is -0.151. The molecule has 4 heterocycles. The molecule has 1 saturated heterocycles. The van der Waals surface area contributed by atoms with Crippen molar-refractivity contribution in [2.45, 2.75) is 82.0 Å². The summed E-state index contributed by atoms with van der Waals surface area (Å²) in [6, 6.07) is 16.1. The van der Waals surface area contributed by atoms with Crippen LogP contribution in [-0.2, 0) is 42.4 Å². The molecule has 12 nitrogen and oxygen atoms in total. The van der Waals surface area contributed by atoms with Crippen LogP contribution in [0.1, 0.15) is 49.3 Å². The summed E-state index contributed by atoms with van der Waals surface area (Å²) in [6.45, 7) is 5.97. The Bertz CT molecular complexity index is 1870. The second kappa shape index (κ2) is 14.4. The molecule has 1 fully saturated rings. The number of carbonyl (C=O) groups is 3. The van der Waals surface area contributed by atoms with E-state index < -0.39 is 37.5 Å². The van der Waals surface area contributed by atoms with Gasteiger partial charge in [-0.05, 0) is 73.8 Å². The fourth-order valence-corrected chi connectivity index (χ4v) is 11.0. The number of hydrogen-bond donors (Lipinski definition) is 2. The number of nitrogens with zero attached hydrogens (tertiary/aromatic N) is 3. The van der Waals surface area contributed by atoms with E-state index in [4.69, 9.17) is 14.2 Å². The van der Waals surface area contributed by atoms with Crippen LogP contribution < -0.4 is 15.2 Å². The molecule has 0 saturated carbocycles. The van der Waals surface area contributed by atoms with E-state index in [2.05, 4.69) is 0 Å². The normalized spacial score (nSPS) is 24.1. The molecule has 5 atom stereocenters. The third-order valence-corrected chi connectivity index (χ3v) is 13.4. The molecule has 3 aliphatic heterocycles. The average Bonchev–Trinajstić information content (AvgIpc) is 3.54. The first-order valence-corrected chi connectivity index (χ1v) is 20.5. The zero-order valence-electron chi connectivity index (χ0n) is 29.8. The number of carbonyl (C=O) groups excluding carboxylic acids is 3. The van der Waals surface area contributed by atoms with Crippen LogP contribution in [0.25, 0.3) is 5.69 Å². The van der Waals surface area contributed by atoms with Crippen molar-refractivity contribution in [1.29, 1.82) is 0 Å². The van der Waals surface area contributed by atoms with Gasteiger partial charge in [-0.1, -0.05) is 31.2 Å². The lowest BCUT2D eigenvalue weighted by atomic mass is 9.82. The maximum Gasteiger partial charge on any atom is 0.305 e. The number of aromatic nitrogens is 1. The maximum atomic E-state index is 14.9. The molecule has 2 N–H and O–H groups in total. The zero-order valence-corrected chi connectivity index (χ0v) is 30.8. The minimum absolute atomic E-state index is 0.0802. The van der Waals surface area contributed by atoms with Crippen LogP contribution in [0.15, 0.2) is 65.6 Å². The quantitative estimate of drug-likeness (QED) is 0.172. The molecule has 1 aromatic heterocycles. The molecule has 13 heteroatoms. The van der Waals surface area contributed by atoms with E-state index in [-0.39, 0.29) is 48.5 Å². The van der Waals surface area contributed by atoms with Crippen molar-refractivity contribution in [3.05, 3.63) is 87.8 Å². The van der Waals surface area contributed by atoms with Crippen molar-refractivity contribution in [2.24, 2.45) is 5.92 Å². The Hall–Kier alpha value is -4.30. The number of esters is 1. The fraction of sp³-hybridized carbons (Fsp3) is 0.474. The standard InChI is InChI=1S/C38H47N3O9Si/c1-24-35(51(4,5)47)32(21-33(43)41-22-26-12-7-6-11-25(26)19-28(41)23-42)50-38(24)29-20-27(39-18-10-13-31(48-2)36(39)45)15-16-30(29)40(37(38)46)17-9-8-14-34(44)49-3/h6-7,10-13,15-16,18,20,24,28,32,35,42,47H,8-9,14,17,19,21-23H2,1-5H3/t24-,28+,32+,35-,38+/m1/s1. The van der Waals surface area contributed by atoms with Crippen molar-refractivity contribution in [3.63, 3.8) is 0 Å². The van der Waals surface area contributed by atoms with E-state index in [1.807, 2.05) is 31.2 Å². The van der Waals surface area contributed by atoms with Crippen LogP contribution in [-0.4, -0.2) is 85.0 Å². The Labute approximate surface area is 298 Å². The van der Waals surface area contributed by atoms with E-state index in [0.29, 0.717) is 49.3 Å². The van der Waals surface area contributed by atoms with Gasteiger partial charge in [0.2, 0.25) is 5.91 Å². The number of aliphatic hydroxyl groups excluding tert-OH is 1. The lowest BCUT2D eigenvalue weighted by Gasteiger charge is -2.37. The molecule has 0 unspecified atom stereocenters. The van der Waals surface area contributed by atoms with Gasteiger partial charge in [0.15, 0.2) is 19.7 Å². The summed E-state index contributed by atoms with van der Waals surface area (Å²) < 4.78 is 18.5. The van der Waals surface area contributed by atoms with Gasteiger partial charge in [0, 0.05) is 48.4 Å². The Morgan fingerprint density at radius 2 is 1.78 bits per heavy atom. The molecule has 0 aliphatic carbocycles. The average molecular weight is 718 g/mol. The monoisotopic (exact) mass is 717 g/mol. The minimum atomic E-state index is -3.10. The molecule has 6 rings (SSSR count). The lowest BCUT2D eigenvalue weighted by Crippen LogP contribution is -2.48. The zero-order chi connectivity index (χ0) is 36.7. The first kappa shape index (κ1) is 36.5. The van der Waals surface area contributed by atoms with E-state index >= 15 is 0 Å². The van der Waals surface area contributed by atoms with Gasteiger partial charge >= 0.3 is 5.97 Å². The number of amides is 2. The van der Waals surface area contributed by atoms with Gasteiger partial charge < -0.3 is 33.9 Å². The highest BCUT2D eigenvalue weighted by atomic mass is 28.4. The second-order valence-corrected chi connectivity index (χ2v) is 18.3. The highest BCUT2D eigenvalue weighted by molar-refractivity contribution is 6.71. The van der Waals surface area contributed by atoms with Crippen molar-refractivity contribution in [3.8, 4) is 11.4 Å². The molecule has 0 bridgehead atoms. The third kappa shape index (κ3) is 6.52. The molecule has 3 aliphatic rings. The summed E-state index contributed by atoms with van der Waals surface area (Å²) in [5.41, 5.74) is 1.35. The molecule has 2 aromatic carbocycles. The van der Waals surface area contributed by atoms with Gasteiger partial charge in [-0.3, -0.25) is 23.7 Å². The van der Waals surface area contributed by atoms with Gasteiger partial charge in [-0.2, -0.15) is 0 Å². The van der Waals surface area contributed by atoms with Crippen molar-refractivity contribution >= 4 is 31.8 Å². The summed E-state index contributed by atoms with van der Waals surface area (Å²) >= 11 is 0. The summed E-state index contributed by atoms with van der Waals surface area (Å²) in [5.74, 6) is -1.23. The predicted octanol–water partition coefficient (Wildman–Crippen LogP) is 3.67. The Morgan fingerprint density at radius 3 is 2.47 bits per heavy atom. The Kier molecular flexibility index (Phi) is 10.3. The van der Waals surface area contributed by atoms with Crippen molar-refractivity contribution in [1.82, 2.24) is 9.47 Å². The topological polar surface area (TPSA) is 148 Å². The minimum Gasteiger partial charge on any atom is -0.491 e. The Balaban J connectivity index is 1.39. The number of anilines is 1. The molecule has 1 spiro atoms. The van der Waals surface area contributed by atoms with Crippen molar-refractivity contribution in [2.75, 3.05) is 32.3 Å². The number of methoxy groups -OCH3 is 2. The Morgan fingerprint density at radius 1 is 1.04 bits per heavy atom. The number of pyridine rings is 1. The molecule has 2 amide bonds. The number of rotatable bonds is 11. The first-order chi connectivity index (χ1) is 24.3. The highest BCUT2D eigenvalue weighted by Gasteiger charge is 2.66. The molecular weight excluding hydrogens is 671 g/mol. The summed E-state index contributed by atoms with van der Waals surface area (Å²) in [4.78, 5) is 69.3. The SMILES string of the molecule is COC(=O)CCCCN1C(=O)[C@@]2(O[C@@H](CC(=O)N3Cc4ccccc4C[C@H]3CO)[C@H]([Si](C)(C)O)[C@H]2C)c2cc(-n3cccc(OC)c3=O)ccc21. The fourth-order valence-electron chi connectivity index (χ4n) is 8.44. The summed E-state index contributed by atoms with van der Waals surface area (Å²) in [6.07, 6.45) is 2.52. The summed E-state index contributed by atoms with van der Waals surface area (Å²) in [5, 5.41) is 10.3. The number of benzene rings is 2. The van der Waals surface area contributed by atoms with E-state index in [0.717, 1.165) is 11.1 Å². The maximum absolute atomic E-state index is 14.9. The number of fused-ring (bicyclic) bond motifs is 3. The largest absolute Gasteiger partial charge is 0.491 e. The molecule has 0 radical (unpaired) electrons. The molecule has 51 heavy (non-hydrogen) atoms. The summed E-state index contributed by atoms with van der Waals surface area (Å²) in [7, 11) is -0.333. The molecule has 272 valence electrons.